The van der Waals surface area contributed by atoms with Gasteiger partial charge in [0, 0.05) is 11.8 Å². The lowest BCUT2D eigenvalue weighted by Gasteiger charge is -1.97. The van der Waals surface area contributed by atoms with E-state index >= 15 is 0 Å². The molecule has 0 radical (unpaired) electrons. The smallest absolute Gasteiger partial charge is 0.151 e. The number of phenolic OH excluding ortho intramolecular Hbond substituents is 1. The number of hydrogen-bond acceptors (Lipinski definition) is 5. The average Bonchev–Trinajstić information content (AvgIpc) is 2.61. The van der Waals surface area contributed by atoms with Crippen LogP contribution in [-0.4, -0.2) is 16.3 Å². The monoisotopic (exact) mass is 302 g/mol. The van der Waals surface area contributed by atoms with Gasteiger partial charge in [-0.15, -0.1) is 5.11 Å². The highest BCUT2D eigenvalue weighted by Crippen LogP contribution is 2.19. The lowest BCUT2D eigenvalue weighted by atomic mass is 10.2. The summed E-state index contributed by atoms with van der Waals surface area (Å²) in [6, 6.07) is 20.0. The third kappa shape index (κ3) is 4.07. The summed E-state index contributed by atoms with van der Waals surface area (Å²) in [4.78, 5) is 8.43. The average molecular weight is 302 g/mol. The number of para-hydroxylation sites is 1. The first-order chi connectivity index (χ1) is 11.3. The largest absolute Gasteiger partial charge is 0.507 e. The summed E-state index contributed by atoms with van der Waals surface area (Å²) in [6.07, 6.45) is 3.17. The molecule has 112 valence electrons. The molecule has 1 N–H and O–H groups in total. The minimum absolute atomic E-state index is 0.185. The van der Waals surface area contributed by atoms with E-state index in [1.807, 2.05) is 36.4 Å². The number of phenols is 1. The molecule has 3 aromatic rings. The molecule has 0 aliphatic carbocycles. The number of rotatable bonds is 4. The van der Waals surface area contributed by atoms with E-state index in [9.17, 15) is 5.11 Å². The fourth-order valence-corrected chi connectivity index (χ4v) is 1.86. The Hall–Kier alpha value is -3.34. The Morgan fingerprint density at radius 2 is 1.52 bits per heavy atom. The molecule has 3 rings (SSSR count). The molecule has 0 aliphatic rings. The van der Waals surface area contributed by atoms with Crippen LogP contribution in [0, 0.1) is 0 Å². The second-order valence-corrected chi connectivity index (χ2v) is 4.73. The highest BCUT2D eigenvalue weighted by Gasteiger charge is 1.96. The minimum atomic E-state index is 0.185. The van der Waals surface area contributed by atoms with Crippen molar-refractivity contribution in [1.82, 2.24) is 4.98 Å². The zero-order chi connectivity index (χ0) is 15.9. The van der Waals surface area contributed by atoms with Crippen molar-refractivity contribution < 1.29 is 5.11 Å². The van der Waals surface area contributed by atoms with E-state index in [0.29, 0.717) is 17.1 Å². The molecule has 0 saturated heterocycles. The van der Waals surface area contributed by atoms with Gasteiger partial charge in [0.1, 0.15) is 11.4 Å². The molecule has 0 spiro atoms. The molecule has 0 amide bonds. The van der Waals surface area contributed by atoms with Gasteiger partial charge in [-0.1, -0.05) is 30.3 Å². The van der Waals surface area contributed by atoms with Gasteiger partial charge < -0.3 is 5.11 Å². The standard InChI is InChI=1S/C18H14N4O/c23-17-9-5-4-6-14(17)12-19-18-11-10-16(13-20-18)22-21-15-7-2-1-3-8-15/h1-13,23H. The summed E-state index contributed by atoms with van der Waals surface area (Å²) in [5, 5.41) is 17.9. The second kappa shape index (κ2) is 7.09. The molecule has 0 atom stereocenters. The van der Waals surface area contributed by atoms with Crippen molar-refractivity contribution in [3.63, 3.8) is 0 Å². The van der Waals surface area contributed by atoms with Gasteiger partial charge in [0.05, 0.1) is 11.9 Å². The van der Waals surface area contributed by atoms with Gasteiger partial charge in [-0.05, 0) is 36.4 Å². The highest BCUT2D eigenvalue weighted by atomic mass is 16.3. The van der Waals surface area contributed by atoms with Crippen LogP contribution in [0.25, 0.3) is 0 Å². The summed E-state index contributed by atoms with van der Waals surface area (Å²) >= 11 is 0. The normalized spacial score (nSPS) is 11.3. The Bertz CT molecular complexity index is 827. The van der Waals surface area contributed by atoms with E-state index in [2.05, 4.69) is 20.2 Å². The molecule has 23 heavy (non-hydrogen) atoms. The van der Waals surface area contributed by atoms with Crippen LogP contribution < -0.4 is 0 Å². The number of nitrogens with zero attached hydrogens (tertiary/aromatic N) is 4. The third-order valence-electron chi connectivity index (χ3n) is 3.04. The number of pyridine rings is 1. The van der Waals surface area contributed by atoms with E-state index in [1.54, 1.807) is 42.7 Å². The molecule has 0 saturated carbocycles. The molecular formula is C18H14N4O. The van der Waals surface area contributed by atoms with E-state index < -0.39 is 0 Å². The van der Waals surface area contributed by atoms with Crippen molar-refractivity contribution in [3.05, 3.63) is 78.5 Å². The molecule has 0 bridgehead atoms. The third-order valence-corrected chi connectivity index (χ3v) is 3.04. The van der Waals surface area contributed by atoms with Crippen LogP contribution >= 0.6 is 0 Å². The quantitative estimate of drug-likeness (QED) is 0.547. The highest BCUT2D eigenvalue weighted by molar-refractivity contribution is 5.84. The van der Waals surface area contributed by atoms with Gasteiger partial charge in [0.15, 0.2) is 5.82 Å². The zero-order valence-electron chi connectivity index (χ0n) is 12.2. The Labute approximate surface area is 133 Å². The Morgan fingerprint density at radius 1 is 0.783 bits per heavy atom. The molecule has 1 aromatic heterocycles. The van der Waals surface area contributed by atoms with Crippen molar-refractivity contribution in [2.45, 2.75) is 0 Å². The van der Waals surface area contributed by atoms with Crippen LogP contribution in [0.3, 0.4) is 0 Å². The predicted molar refractivity (Wildman–Crippen MR) is 90.2 cm³/mol. The van der Waals surface area contributed by atoms with Gasteiger partial charge in [-0.2, -0.15) is 5.11 Å². The van der Waals surface area contributed by atoms with Crippen LogP contribution in [0.5, 0.6) is 5.75 Å². The summed E-state index contributed by atoms with van der Waals surface area (Å²) in [7, 11) is 0. The molecule has 5 heteroatoms. The maximum Gasteiger partial charge on any atom is 0.151 e. The number of aromatic nitrogens is 1. The molecule has 2 aromatic carbocycles. The van der Waals surface area contributed by atoms with Gasteiger partial charge in [0.25, 0.3) is 0 Å². The van der Waals surface area contributed by atoms with Crippen molar-refractivity contribution >= 4 is 23.4 Å². The first-order valence-corrected chi connectivity index (χ1v) is 7.06. The van der Waals surface area contributed by atoms with E-state index in [-0.39, 0.29) is 5.75 Å². The van der Waals surface area contributed by atoms with Crippen LogP contribution in [0.15, 0.2) is 88.1 Å². The van der Waals surface area contributed by atoms with Crippen LogP contribution in [0.1, 0.15) is 5.56 Å². The predicted octanol–water partition coefficient (Wildman–Crippen LogP) is 4.95. The van der Waals surface area contributed by atoms with Crippen molar-refractivity contribution in [1.29, 1.82) is 0 Å². The van der Waals surface area contributed by atoms with Gasteiger partial charge >= 0.3 is 0 Å². The van der Waals surface area contributed by atoms with Crippen LogP contribution in [0.4, 0.5) is 17.2 Å². The second-order valence-electron chi connectivity index (χ2n) is 4.73. The topological polar surface area (TPSA) is 70.2 Å². The Kier molecular flexibility index (Phi) is 4.49. The van der Waals surface area contributed by atoms with Crippen LogP contribution in [0.2, 0.25) is 0 Å². The van der Waals surface area contributed by atoms with E-state index in [4.69, 9.17) is 0 Å². The van der Waals surface area contributed by atoms with Crippen molar-refractivity contribution in [3.8, 4) is 5.75 Å². The summed E-state index contributed by atoms with van der Waals surface area (Å²) in [5.41, 5.74) is 2.08. The number of aliphatic imine (C=N–C) groups is 1. The van der Waals surface area contributed by atoms with Gasteiger partial charge in [-0.3, -0.25) is 0 Å². The van der Waals surface area contributed by atoms with E-state index in [1.165, 1.54) is 0 Å². The Morgan fingerprint density at radius 3 is 2.26 bits per heavy atom. The maximum atomic E-state index is 9.67. The van der Waals surface area contributed by atoms with Crippen LogP contribution in [-0.2, 0) is 0 Å². The zero-order valence-corrected chi connectivity index (χ0v) is 12.2. The summed E-state index contributed by atoms with van der Waals surface area (Å²) < 4.78 is 0. The lowest BCUT2D eigenvalue weighted by molar-refractivity contribution is 0.474. The SMILES string of the molecule is Oc1ccccc1C=Nc1ccc(N=Nc2ccccc2)cn1. The molecule has 0 fully saturated rings. The van der Waals surface area contributed by atoms with E-state index in [0.717, 1.165) is 5.69 Å². The fraction of sp³-hybridized carbons (Fsp3) is 0. The molecule has 5 nitrogen and oxygen atoms in total. The maximum absolute atomic E-state index is 9.67. The molecule has 0 unspecified atom stereocenters. The van der Waals surface area contributed by atoms with Gasteiger partial charge in [0.2, 0.25) is 0 Å². The first-order valence-electron chi connectivity index (χ1n) is 7.06. The van der Waals surface area contributed by atoms with Crippen molar-refractivity contribution in [2.24, 2.45) is 15.2 Å². The number of azo groups is 1. The summed E-state index contributed by atoms with van der Waals surface area (Å²) in [5.74, 6) is 0.719. The number of aromatic hydroxyl groups is 1. The minimum Gasteiger partial charge on any atom is -0.507 e. The molecular weight excluding hydrogens is 288 g/mol. The lowest BCUT2D eigenvalue weighted by Crippen LogP contribution is -1.81. The summed E-state index contributed by atoms with van der Waals surface area (Å²) in [6.45, 7) is 0. The first kappa shape index (κ1) is 14.6. The molecule has 1 heterocycles. The van der Waals surface area contributed by atoms with Crippen molar-refractivity contribution in [2.75, 3.05) is 0 Å². The Balaban J connectivity index is 1.70. The molecule has 0 aliphatic heterocycles. The fourth-order valence-electron chi connectivity index (χ4n) is 1.86. The number of hydrogen-bond donors (Lipinski definition) is 1. The van der Waals surface area contributed by atoms with Gasteiger partial charge in [-0.25, -0.2) is 9.98 Å². The number of benzene rings is 2.